The van der Waals surface area contributed by atoms with E-state index in [0.717, 1.165) is 12.8 Å². The predicted octanol–water partition coefficient (Wildman–Crippen LogP) is 2.27. The van der Waals surface area contributed by atoms with Gasteiger partial charge in [0.05, 0.1) is 20.2 Å². The van der Waals surface area contributed by atoms with Crippen molar-refractivity contribution >= 4 is 17.5 Å². The number of amides is 2. The maximum absolute atomic E-state index is 13.3. The highest BCUT2D eigenvalue weighted by molar-refractivity contribution is 5.95. The van der Waals surface area contributed by atoms with Crippen LogP contribution in [0.3, 0.4) is 0 Å². The average molecular weight is 399 g/mol. The summed E-state index contributed by atoms with van der Waals surface area (Å²) in [5, 5.41) is 0. The van der Waals surface area contributed by atoms with Gasteiger partial charge in [-0.25, -0.2) is 9.37 Å². The van der Waals surface area contributed by atoms with E-state index in [2.05, 4.69) is 4.98 Å². The Morgan fingerprint density at radius 3 is 2.76 bits per heavy atom. The summed E-state index contributed by atoms with van der Waals surface area (Å²) in [7, 11) is 1.50. The Balaban J connectivity index is 1.53. The number of morpholine rings is 1. The number of hydrogen-bond donors (Lipinski definition) is 0. The van der Waals surface area contributed by atoms with Gasteiger partial charge in [0.1, 0.15) is 23.7 Å². The number of nitrogens with zero attached hydrogens (tertiary/aromatic N) is 3. The van der Waals surface area contributed by atoms with Crippen LogP contribution in [-0.2, 0) is 9.53 Å². The van der Waals surface area contributed by atoms with Crippen LogP contribution in [-0.4, -0.2) is 60.7 Å². The third-order valence-corrected chi connectivity index (χ3v) is 5.37. The molecule has 0 radical (unpaired) electrons. The minimum Gasteiger partial charge on any atom is -0.481 e. The summed E-state index contributed by atoms with van der Waals surface area (Å²) in [5.41, 5.74) is 0.274. The molecule has 1 spiro atoms. The minimum atomic E-state index is -0.658. The van der Waals surface area contributed by atoms with Crippen LogP contribution in [0.15, 0.2) is 42.5 Å². The molecule has 2 saturated heterocycles. The predicted molar refractivity (Wildman–Crippen MR) is 103 cm³/mol. The number of likely N-dealkylation sites (tertiary alicyclic amines) is 1. The van der Waals surface area contributed by atoms with Crippen LogP contribution >= 0.6 is 0 Å². The molecule has 4 rings (SSSR count). The molecule has 0 bridgehead atoms. The van der Waals surface area contributed by atoms with Crippen molar-refractivity contribution in [2.45, 2.75) is 18.4 Å². The zero-order valence-electron chi connectivity index (χ0n) is 16.1. The first-order chi connectivity index (χ1) is 14.0. The summed E-state index contributed by atoms with van der Waals surface area (Å²) in [6.45, 7) is 1.19. The highest BCUT2D eigenvalue weighted by Gasteiger charge is 2.44. The van der Waals surface area contributed by atoms with E-state index in [0.29, 0.717) is 36.9 Å². The van der Waals surface area contributed by atoms with Crippen molar-refractivity contribution in [1.29, 1.82) is 0 Å². The van der Waals surface area contributed by atoms with E-state index in [4.69, 9.17) is 9.47 Å². The molecular formula is C21H22FN3O4. The SMILES string of the molecule is COc1cccc(C(=O)N2CCCC3(C2)CN(c2ccc(F)cc2)C(=O)CO3)n1. The monoisotopic (exact) mass is 399 g/mol. The number of hydrogen-bond acceptors (Lipinski definition) is 5. The van der Waals surface area contributed by atoms with Gasteiger partial charge in [0.15, 0.2) is 0 Å². The summed E-state index contributed by atoms with van der Waals surface area (Å²) < 4.78 is 24.3. The molecule has 2 aromatic rings. The van der Waals surface area contributed by atoms with E-state index < -0.39 is 5.60 Å². The Hall–Kier alpha value is -3.00. The zero-order valence-corrected chi connectivity index (χ0v) is 16.1. The van der Waals surface area contributed by atoms with Crippen molar-refractivity contribution in [2.75, 3.05) is 38.3 Å². The van der Waals surface area contributed by atoms with Gasteiger partial charge in [0.2, 0.25) is 5.88 Å². The third kappa shape index (κ3) is 3.93. The van der Waals surface area contributed by atoms with Gasteiger partial charge in [-0.1, -0.05) is 6.07 Å². The van der Waals surface area contributed by atoms with Crippen LogP contribution in [0.2, 0.25) is 0 Å². The maximum atomic E-state index is 13.3. The molecule has 7 nitrogen and oxygen atoms in total. The highest BCUT2D eigenvalue weighted by Crippen LogP contribution is 2.32. The van der Waals surface area contributed by atoms with Crippen LogP contribution < -0.4 is 9.64 Å². The average Bonchev–Trinajstić information content (AvgIpc) is 2.76. The lowest BCUT2D eigenvalue weighted by Gasteiger charge is -2.47. The van der Waals surface area contributed by atoms with E-state index in [1.807, 2.05) is 0 Å². The summed E-state index contributed by atoms with van der Waals surface area (Å²) >= 11 is 0. The number of piperidine rings is 1. The standard InChI is InChI=1S/C21H22FN3O4/c1-28-18-5-2-4-17(23-18)20(27)24-11-3-10-21(13-24)14-25(19(26)12-29-21)16-8-6-15(22)7-9-16/h2,4-9H,3,10-14H2,1H3. The second-order valence-electron chi connectivity index (χ2n) is 7.32. The van der Waals surface area contributed by atoms with Crippen molar-refractivity contribution < 1.29 is 23.5 Å². The molecule has 29 heavy (non-hydrogen) atoms. The molecular weight excluding hydrogens is 377 g/mol. The Labute approximate surface area is 168 Å². The van der Waals surface area contributed by atoms with E-state index in [9.17, 15) is 14.0 Å². The lowest BCUT2D eigenvalue weighted by Crippen LogP contribution is -2.62. The number of aromatic nitrogens is 1. The van der Waals surface area contributed by atoms with Crippen molar-refractivity contribution in [3.8, 4) is 5.88 Å². The maximum Gasteiger partial charge on any atom is 0.272 e. The fourth-order valence-electron chi connectivity index (χ4n) is 3.90. The van der Waals surface area contributed by atoms with E-state index in [1.165, 1.54) is 19.2 Å². The molecule has 1 aromatic carbocycles. The Bertz CT molecular complexity index is 920. The number of pyridine rings is 1. The van der Waals surface area contributed by atoms with Crippen molar-refractivity contribution in [2.24, 2.45) is 0 Å². The van der Waals surface area contributed by atoms with Crippen LogP contribution in [0.1, 0.15) is 23.3 Å². The lowest BCUT2D eigenvalue weighted by atomic mass is 9.90. The highest BCUT2D eigenvalue weighted by atomic mass is 19.1. The molecule has 2 amide bonds. The molecule has 0 N–H and O–H groups in total. The molecule has 2 fully saturated rings. The Kier molecular flexibility index (Phi) is 5.19. The number of ether oxygens (including phenoxy) is 2. The first kappa shape index (κ1) is 19.3. The molecule has 152 valence electrons. The third-order valence-electron chi connectivity index (χ3n) is 5.37. The van der Waals surface area contributed by atoms with E-state index in [1.54, 1.807) is 40.1 Å². The van der Waals surface area contributed by atoms with Gasteiger partial charge in [0.25, 0.3) is 11.8 Å². The van der Waals surface area contributed by atoms with Gasteiger partial charge in [-0.3, -0.25) is 9.59 Å². The summed E-state index contributed by atoms with van der Waals surface area (Å²) in [6.07, 6.45) is 1.48. The topological polar surface area (TPSA) is 72.0 Å². The van der Waals surface area contributed by atoms with Crippen LogP contribution in [0.25, 0.3) is 0 Å². The fourth-order valence-corrected chi connectivity index (χ4v) is 3.90. The fraction of sp³-hybridized carbons (Fsp3) is 0.381. The molecule has 0 saturated carbocycles. The largest absolute Gasteiger partial charge is 0.481 e. The van der Waals surface area contributed by atoms with Gasteiger partial charge in [-0.05, 0) is 43.2 Å². The molecule has 0 aliphatic carbocycles. The summed E-state index contributed by atoms with van der Waals surface area (Å²) in [6, 6.07) is 10.9. The van der Waals surface area contributed by atoms with Gasteiger partial charge in [-0.2, -0.15) is 0 Å². The Morgan fingerprint density at radius 2 is 2.00 bits per heavy atom. The van der Waals surface area contributed by atoms with Crippen molar-refractivity contribution in [3.63, 3.8) is 0 Å². The second-order valence-corrected chi connectivity index (χ2v) is 7.32. The van der Waals surface area contributed by atoms with Gasteiger partial charge in [-0.15, -0.1) is 0 Å². The number of carbonyl (C=O) groups excluding carboxylic acids is 2. The van der Waals surface area contributed by atoms with Crippen LogP contribution in [0.4, 0.5) is 10.1 Å². The molecule has 1 unspecified atom stereocenters. The van der Waals surface area contributed by atoms with Gasteiger partial charge in [0, 0.05) is 18.3 Å². The van der Waals surface area contributed by atoms with Gasteiger partial charge >= 0.3 is 0 Å². The molecule has 8 heteroatoms. The number of anilines is 1. The van der Waals surface area contributed by atoms with Crippen LogP contribution in [0, 0.1) is 5.82 Å². The number of methoxy groups -OCH3 is 1. The Morgan fingerprint density at radius 1 is 1.21 bits per heavy atom. The quantitative estimate of drug-likeness (QED) is 0.792. The molecule has 1 atom stereocenters. The number of rotatable bonds is 3. The smallest absolute Gasteiger partial charge is 0.272 e. The van der Waals surface area contributed by atoms with Crippen molar-refractivity contribution in [3.05, 3.63) is 54.0 Å². The number of carbonyl (C=O) groups is 2. The number of benzene rings is 1. The van der Waals surface area contributed by atoms with Crippen LogP contribution in [0.5, 0.6) is 5.88 Å². The van der Waals surface area contributed by atoms with Gasteiger partial charge < -0.3 is 19.3 Å². The molecule has 3 heterocycles. The van der Waals surface area contributed by atoms with E-state index in [-0.39, 0.29) is 24.2 Å². The summed E-state index contributed by atoms with van der Waals surface area (Å²) in [4.78, 5) is 32.9. The second kappa shape index (κ2) is 7.79. The first-order valence-corrected chi connectivity index (χ1v) is 9.50. The summed E-state index contributed by atoms with van der Waals surface area (Å²) in [5.74, 6) is -0.356. The lowest BCUT2D eigenvalue weighted by molar-refractivity contribution is -0.144. The minimum absolute atomic E-state index is 0.0726. The zero-order chi connectivity index (χ0) is 20.4. The van der Waals surface area contributed by atoms with E-state index >= 15 is 0 Å². The molecule has 1 aromatic heterocycles. The normalized spacial score (nSPS) is 22.1. The molecule has 2 aliphatic rings. The number of halogens is 1. The molecule has 2 aliphatic heterocycles. The van der Waals surface area contributed by atoms with Crippen molar-refractivity contribution in [1.82, 2.24) is 9.88 Å². The first-order valence-electron chi connectivity index (χ1n) is 9.50.